The van der Waals surface area contributed by atoms with Crippen molar-refractivity contribution in [3.63, 3.8) is 0 Å². The molecule has 2 N–H and O–H groups in total. The zero-order chi connectivity index (χ0) is 12.6. The first-order valence-corrected chi connectivity index (χ1v) is 7.22. The van der Waals surface area contributed by atoms with Crippen molar-refractivity contribution in [3.8, 4) is 0 Å². The maximum absolute atomic E-state index is 6.29. The van der Waals surface area contributed by atoms with E-state index in [-0.39, 0.29) is 5.54 Å². The largest absolute Gasteiger partial charge is 0.325 e. The molecular formula is C16H24N2. The third-order valence-electron chi connectivity index (χ3n) is 4.65. The zero-order valence-electron chi connectivity index (χ0n) is 11.4. The van der Waals surface area contributed by atoms with Crippen LogP contribution in [0.2, 0.25) is 0 Å². The summed E-state index contributed by atoms with van der Waals surface area (Å²) in [7, 11) is 2.22. The van der Waals surface area contributed by atoms with Crippen molar-refractivity contribution in [2.75, 3.05) is 20.1 Å². The summed E-state index contributed by atoms with van der Waals surface area (Å²) in [6, 6.07) is 8.98. The molecule has 1 aromatic rings. The number of rotatable bonds is 3. The van der Waals surface area contributed by atoms with Gasteiger partial charge in [-0.15, -0.1) is 0 Å². The number of benzene rings is 1. The summed E-state index contributed by atoms with van der Waals surface area (Å²) in [6.45, 7) is 2.46. The lowest BCUT2D eigenvalue weighted by Gasteiger charge is -2.30. The van der Waals surface area contributed by atoms with Gasteiger partial charge in [-0.05, 0) is 69.3 Å². The standard InChI is InChI=1S/C16H24N2/c1-18-10-6-13(7-11-18)15-5-3-2-4-14(15)12-16(17)8-9-16/h2-5,13H,6-12,17H2,1H3. The van der Waals surface area contributed by atoms with Gasteiger partial charge in [0.2, 0.25) is 0 Å². The number of nitrogens with two attached hydrogens (primary N) is 1. The summed E-state index contributed by atoms with van der Waals surface area (Å²) in [5.41, 5.74) is 9.50. The summed E-state index contributed by atoms with van der Waals surface area (Å²) in [5.74, 6) is 0.750. The van der Waals surface area contributed by atoms with Crippen LogP contribution in [-0.2, 0) is 6.42 Å². The van der Waals surface area contributed by atoms with Crippen LogP contribution in [0.5, 0.6) is 0 Å². The van der Waals surface area contributed by atoms with Crippen LogP contribution in [0.25, 0.3) is 0 Å². The fourth-order valence-electron chi connectivity index (χ4n) is 3.13. The Hall–Kier alpha value is -0.860. The maximum Gasteiger partial charge on any atom is 0.0196 e. The molecule has 2 heteroatoms. The number of piperidine rings is 1. The van der Waals surface area contributed by atoms with Gasteiger partial charge in [0.25, 0.3) is 0 Å². The normalized spacial score (nSPS) is 24.1. The van der Waals surface area contributed by atoms with Crippen molar-refractivity contribution in [2.45, 2.75) is 43.6 Å². The number of hydrogen-bond donors (Lipinski definition) is 1. The van der Waals surface area contributed by atoms with Gasteiger partial charge in [-0.25, -0.2) is 0 Å². The molecule has 1 aliphatic heterocycles. The summed E-state index contributed by atoms with van der Waals surface area (Å²) in [5, 5.41) is 0. The van der Waals surface area contributed by atoms with Crippen LogP contribution in [0, 0.1) is 0 Å². The third-order valence-corrected chi connectivity index (χ3v) is 4.65. The number of nitrogens with zero attached hydrogens (tertiary/aromatic N) is 1. The molecule has 0 atom stereocenters. The second kappa shape index (κ2) is 4.67. The maximum atomic E-state index is 6.29. The SMILES string of the molecule is CN1CCC(c2ccccc2CC2(N)CC2)CC1. The van der Waals surface area contributed by atoms with E-state index in [1.54, 1.807) is 5.56 Å². The van der Waals surface area contributed by atoms with E-state index in [9.17, 15) is 0 Å². The molecule has 1 saturated carbocycles. The molecule has 1 aromatic carbocycles. The highest BCUT2D eigenvalue weighted by Gasteiger charge is 2.38. The summed E-state index contributed by atoms with van der Waals surface area (Å²) < 4.78 is 0. The summed E-state index contributed by atoms with van der Waals surface area (Å²) >= 11 is 0. The van der Waals surface area contributed by atoms with Crippen molar-refractivity contribution < 1.29 is 0 Å². The molecule has 2 nitrogen and oxygen atoms in total. The molecular weight excluding hydrogens is 220 g/mol. The Balaban J connectivity index is 1.78. The molecule has 0 aromatic heterocycles. The van der Waals surface area contributed by atoms with E-state index in [1.165, 1.54) is 44.3 Å². The van der Waals surface area contributed by atoms with Crippen LogP contribution in [-0.4, -0.2) is 30.6 Å². The minimum absolute atomic E-state index is 0.127. The van der Waals surface area contributed by atoms with E-state index >= 15 is 0 Å². The molecule has 0 unspecified atom stereocenters. The van der Waals surface area contributed by atoms with Crippen LogP contribution in [0.3, 0.4) is 0 Å². The topological polar surface area (TPSA) is 29.3 Å². The fraction of sp³-hybridized carbons (Fsp3) is 0.625. The lowest BCUT2D eigenvalue weighted by atomic mass is 9.84. The second-order valence-electron chi connectivity index (χ2n) is 6.32. The van der Waals surface area contributed by atoms with E-state index in [2.05, 4.69) is 36.2 Å². The summed E-state index contributed by atoms with van der Waals surface area (Å²) in [4.78, 5) is 2.43. The molecule has 2 fully saturated rings. The van der Waals surface area contributed by atoms with Crippen molar-refractivity contribution >= 4 is 0 Å². The average Bonchev–Trinajstić information content (AvgIpc) is 3.09. The molecule has 1 aliphatic carbocycles. The predicted octanol–water partition coefficient (Wildman–Crippen LogP) is 2.53. The lowest BCUT2D eigenvalue weighted by molar-refractivity contribution is 0.255. The molecule has 0 spiro atoms. The monoisotopic (exact) mass is 244 g/mol. The van der Waals surface area contributed by atoms with E-state index in [1.807, 2.05) is 0 Å². The Labute approximate surface area is 110 Å². The van der Waals surface area contributed by atoms with Gasteiger partial charge in [0, 0.05) is 5.54 Å². The van der Waals surface area contributed by atoms with Gasteiger partial charge >= 0.3 is 0 Å². The van der Waals surface area contributed by atoms with Gasteiger partial charge in [0.05, 0.1) is 0 Å². The van der Waals surface area contributed by atoms with Crippen molar-refractivity contribution in [3.05, 3.63) is 35.4 Å². The molecule has 0 bridgehead atoms. The van der Waals surface area contributed by atoms with Crippen LogP contribution < -0.4 is 5.73 Å². The Kier molecular flexibility index (Phi) is 3.16. The minimum Gasteiger partial charge on any atom is -0.325 e. The Morgan fingerprint density at radius 3 is 2.56 bits per heavy atom. The first-order valence-electron chi connectivity index (χ1n) is 7.22. The smallest absolute Gasteiger partial charge is 0.0196 e. The molecule has 0 amide bonds. The third kappa shape index (κ3) is 2.60. The zero-order valence-corrected chi connectivity index (χ0v) is 11.4. The van der Waals surface area contributed by atoms with Crippen molar-refractivity contribution in [1.82, 2.24) is 4.90 Å². The molecule has 3 rings (SSSR count). The number of likely N-dealkylation sites (tertiary alicyclic amines) is 1. The average molecular weight is 244 g/mol. The molecule has 98 valence electrons. The van der Waals surface area contributed by atoms with Gasteiger partial charge < -0.3 is 10.6 Å². The molecule has 18 heavy (non-hydrogen) atoms. The Morgan fingerprint density at radius 1 is 1.22 bits per heavy atom. The molecule has 1 saturated heterocycles. The highest BCUT2D eigenvalue weighted by Crippen LogP contribution is 2.38. The lowest BCUT2D eigenvalue weighted by Crippen LogP contribution is -2.30. The highest BCUT2D eigenvalue weighted by atomic mass is 15.1. The van der Waals surface area contributed by atoms with E-state index < -0.39 is 0 Å². The second-order valence-corrected chi connectivity index (χ2v) is 6.32. The number of hydrogen-bond acceptors (Lipinski definition) is 2. The quantitative estimate of drug-likeness (QED) is 0.885. The Bertz CT molecular complexity index is 415. The molecule has 2 aliphatic rings. The van der Waals surface area contributed by atoms with Crippen LogP contribution in [0.4, 0.5) is 0 Å². The van der Waals surface area contributed by atoms with E-state index in [0.29, 0.717) is 0 Å². The summed E-state index contributed by atoms with van der Waals surface area (Å²) in [6.07, 6.45) is 6.08. The van der Waals surface area contributed by atoms with Crippen molar-refractivity contribution in [2.24, 2.45) is 5.73 Å². The predicted molar refractivity (Wildman–Crippen MR) is 75.8 cm³/mol. The van der Waals surface area contributed by atoms with Crippen molar-refractivity contribution in [1.29, 1.82) is 0 Å². The van der Waals surface area contributed by atoms with Gasteiger partial charge in [-0.3, -0.25) is 0 Å². The van der Waals surface area contributed by atoms with Gasteiger partial charge in [0.1, 0.15) is 0 Å². The van der Waals surface area contributed by atoms with Crippen LogP contribution in [0.15, 0.2) is 24.3 Å². The van der Waals surface area contributed by atoms with E-state index in [0.717, 1.165) is 12.3 Å². The molecule has 1 heterocycles. The minimum atomic E-state index is 0.127. The van der Waals surface area contributed by atoms with Gasteiger partial charge in [-0.1, -0.05) is 24.3 Å². The fourth-order valence-corrected chi connectivity index (χ4v) is 3.13. The van der Waals surface area contributed by atoms with Gasteiger partial charge in [0.15, 0.2) is 0 Å². The first-order chi connectivity index (χ1) is 8.66. The molecule has 0 radical (unpaired) electrons. The van der Waals surface area contributed by atoms with Crippen LogP contribution in [0.1, 0.15) is 42.7 Å². The highest BCUT2D eigenvalue weighted by molar-refractivity contribution is 5.33. The van der Waals surface area contributed by atoms with Gasteiger partial charge in [-0.2, -0.15) is 0 Å². The Morgan fingerprint density at radius 2 is 1.89 bits per heavy atom. The van der Waals surface area contributed by atoms with E-state index in [4.69, 9.17) is 5.73 Å². The van der Waals surface area contributed by atoms with Crippen LogP contribution >= 0.6 is 0 Å². The first kappa shape index (κ1) is 12.2.